The Morgan fingerprint density at radius 2 is 1.87 bits per heavy atom. The van der Waals surface area contributed by atoms with Gasteiger partial charge in [-0.3, -0.25) is 4.79 Å². The second-order valence-corrected chi connectivity index (χ2v) is 8.35. The van der Waals surface area contributed by atoms with E-state index in [9.17, 15) is 4.79 Å². The van der Waals surface area contributed by atoms with E-state index in [1.54, 1.807) is 0 Å². The Balaban J connectivity index is 1.40. The number of ether oxygens (including phenoxy) is 1. The summed E-state index contributed by atoms with van der Waals surface area (Å²) in [5, 5.41) is 7.49. The van der Waals surface area contributed by atoms with Crippen LogP contribution in [0.5, 0.6) is 5.75 Å². The molecule has 2 aromatic carbocycles. The fraction of sp³-hybridized carbons (Fsp3) is 0.360. The zero-order chi connectivity index (χ0) is 20.5. The van der Waals surface area contributed by atoms with Gasteiger partial charge in [-0.1, -0.05) is 18.2 Å². The van der Waals surface area contributed by atoms with Crippen molar-refractivity contribution < 1.29 is 9.53 Å². The molecule has 1 saturated carbocycles. The van der Waals surface area contributed by atoms with E-state index in [1.807, 2.05) is 61.5 Å². The number of benzene rings is 2. The van der Waals surface area contributed by atoms with E-state index >= 15 is 0 Å². The van der Waals surface area contributed by atoms with Crippen LogP contribution in [0.4, 0.5) is 0 Å². The first-order valence-electron chi connectivity index (χ1n) is 10.9. The highest BCUT2D eigenvalue weighted by Gasteiger charge is 2.38. The highest BCUT2D eigenvalue weighted by Crippen LogP contribution is 2.36. The Morgan fingerprint density at radius 1 is 1.10 bits per heavy atom. The lowest BCUT2D eigenvalue weighted by atomic mass is 9.70. The minimum absolute atomic E-state index is 0.00373. The maximum Gasteiger partial charge on any atom is 0.252 e. The van der Waals surface area contributed by atoms with Crippen molar-refractivity contribution in [2.24, 2.45) is 11.8 Å². The number of carbonyl (C=O) groups excluding carboxylic acids is 1. The number of hydrogen-bond donors (Lipinski definition) is 2. The van der Waals surface area contributed by atoms with Crippen molar-refractivity contribution >= 4 is 16.8 Å². The molecule has 0 atom stereocenters. The number of fused-ring (bicyclic) bond motifs is 1. The number of carbonyl (C=O) groups is 1. The minimum Gasteiger partial charge on any atom is -0.494 e. The average molecular weight is 402 g/mol. The van der Waals surface area contributed by atoms with E-state index in [-0.39, 0.29) is 11.9 Å². The van der Waals surface area contributed by atoms with Gasteiger partial charge in [0.05, 0.1) is 23.4 Å². The Kier molecular flexibility index (Phi) is 5.13. The second kappa shape index (κ2) is 8.07. The highest BCUT2D eigenvalue weighted by molar-refractivity contribution is 6.07. The van der Waals surface area contributed by atoms with Gasteiger partial charge in [0.2, 0.25) is 0 Å². The van der Waals surface area contributed by atoms with E-state index in [4.69, 9.17) is 9.72 Å². The Labute approximate surface area is 176 Å². The third-order valence-electron chi connectivity index (χ3n) is 6.41. The van der Waals surface area contributed by atoms with E-state index < -0.39 is 0 Å². The van der Waals surface area contributed by atoms with Crippen LogP contribution in [0.3, 0.4) is 0 Å². The van der Waals surface area contributed by atoms with Gasteiger partial charge in [-0.25, -0.2) is 4.98 Å². The van der Waals surface area contributed by atoms with Crippen LogP contribution in [-0.2, 0) is 0 Å². The molecule has 0 unspecified atom stereocenters. The lowest BCUT2D eigenvalue weighted by Gasteiger charge is -2.44. The fourth-order valence-corrected chi connectivity index (χ4v) is 4.47. The first kappa shape index (κ1) is 19.1. The summed E-state index contributed by atoms with van der Waals surface area (Å²) < 4.78 is 5.54. The summed E-state index contributed by atoms with van der Waals surface area (Å²) in [5.41, 5.74) is 3.30. The smallest absolute Gasteiger partial charge is 0.252 e. The molecule has 2 fully saturated rings. The molecular weight excluding hydrogens is 374 g/mol. The maximum atomic E-state index is 13.2. The van der Waals surface area contributed by atoms with Gasteiger partial charge in [0.25, 0.3) is 5.91 Å². The van der Waals surface area contributed by atoms with E-state index in [2.05, 4.69) is 10.6 Å². The number of rotatable bonds is 6. The molecule has 0 radical (unpaired) electrons. The summed E-state index contributed by atoms with van der Waals surface area (Å²) in [7, 11) is 0. The van der Waals surface area contributed by atoms with Crippen LogP contribution >= 0.6 is 0 Å². The molecule has 0 spiro atoms. The summed E-state index contributed by atoms with van der Waals surface area (Å²) in [6.45, 7) is 4.87. The van der Waals surface area contributed by atoms with Gasteiger partial charge in [-0.15, -0.1) is 0 Å². The summed E-state index contributed by atoms with van der Waals surface area (Å²) in [4.78, 5) is 18.0. The topological polar surface area (TPSA) is 63.2 Å². The van der Waals surface area contributed by atoms with E-state index in [0.29, 0.717) is 12.2 Å². The molecule has 1 aliphatic heterocycles. The van der Waals surface area contributed by atoms with Gasteiger partial charge in [0, 0.05) is 17.0 Å². The lowest BCUT2D eigenvalue weighted by Crippen LogP contribution is -2.54. The predicted molar refractivity (Wildman–Crippen MR) is 119 cm³/mol. The van der Waals surface area contributed by atoms with Crippen LogP contribution in [0.15, 0.2) is 54.6 Å². The molecule has 0 bridgehead atoms. The quantitative estimate of drug-likeness (QED) is 0.655. The molecule has 1 aliphatic carbocycles. The van der Waals surface area contributed by atoms with Gasteiger partial charge < -0.3 is 15.4 Å². The van der Waals surface area contributed by atoms with Crippen molar-refractivity contribution in [2.45, 2.75) is 25.8 Å². The molecule has 1 aromatic heterocycles. The molecule has 2 aliphatic rings. The van der Waals surface area contributed by atoms with Gasteiger partial charge in [-0.05, 0) is 81.1 Å². The molecule has 5 heteroatoms. The van der Waals surface area contributed by atoms with Crippen molar-refractivity contribution in [3.63, 3.8) is 0 Å². The van der Waals surface area contributed by atoms with Crippen LogP contribution in [0.25, 0.3) is 22.2 Å². The number of nitrogens with one attached hydrogen (secondary N) is 2. The number of amides is 1. The first-order valence-corrected chi connectivity index (χ1v) is 10.9. The standard InChI is InChI=1S/C25H27N3O2/c1-2-30-20-9-7-16(8-10-20)24-13-22(21-5-3-4-6-23(21)28-24)25(29)27-19-11-17(12-19)18-14-26-15-18/h3-10,13,17-19,26H,2,11-12,14-15H2,1H3,(H,27,29). The SMILES string of the molecule is CCOc1ccc(-c2cc(C(=O)NC3CC(C4CNC4)C3)c3ccccc3n2)cc1. The van der Waals surface area contributed by atoms with Crippen molar-refractivity contribution in [3.05, 3.63) is 60.2 Å². The molecule has 154 valence electrons. The van der Waals surface area contributed by atoms with Crippen LogP contribution in [0, 0.1) is 11.8 Å². The largest absolute Gasteiger partial charge is 0.494 e. The van der Waals surface area contributed by atoms with E-state index in [0.717, 1.165) is 65.7 Å². The molecule has 1 amide bonds. The van der Waals surface area contributed by atoms with Gasteiger partial charge in [0.15, 0.2) is 0 Å². The monoisotopic (exact) mass is 401 g/mol. The van der Waals surface area contributed by atoms with Crippen LogP contribution in [0.2, 0.25) is 0 Å². The predicted octanol–water partition coefficient (Wildman–Crippen LogP) is 4.03. The first-order chi connectivity index (χ1) is 14.7. The summed E-state index contributed by atoms with van der Waals surface area (Å²) in [6.07, 6.45) is 2.18. The average Bonchev–Trinajstić information content (AvgIpc) is 2.70. The van der Waals surface area contributed by atoms with Crippen molar-refractivity contribution in [2.75, 3.05) is 19.7 Å². The molecule has 5 rings (SSSR count). The highest BCUT2D eigenvalue weighted by atomic mass is 16.5. The summed E-state index contributed by atoms with van der Waals surface area (Å²) in [6, 6.07) is 17.9. The summed E-state index contributed by atoms with van der Waals surface area (Å²) >= 11 is 0. The molecule has 2 N–H and O–H groups in total. The number of nitrogens with zero attached hydrogens (tertiary/aromatic N) is 1. The third-order valence-corrected chi connectivity index (χ3v) is 6.41. The van der Waals surface area contributed by atoms with Crippen molar-refractivity contribution in [1.82, 2.24) is 15.6 Å². The van der Waals surface area contributed by atoms with Gasteiger partial charge in [0.1, 0.15) is 5.75 Å². The summed E-state index contributed by atoms with van der Waals surface area (Å²) in [5.74, 6) is 2.38. The second-order valence-electron chi connectivity index (χ2n) is 8.35. The minimum atomic E-state index is -0.00373. The number of para-hydroxylation sites is 1. The lowest BCUT2D eigenvalue weighted by molar-refractivity contribution is 0.0793. The van der Waals surface area contributed by atoms with Crippen molar-refractivity contribution in [1.29, 1.82) is 0 Å². The fourth-order valence-electron chi connectivity index (χ4n) is 4.47. The third kappa shape index (κ3) is 3.65. The Hall–Kier alpha value is -2.92. The number of aromatic nitrogens is 1. The van der Waals surface area contributed by atoms with Crippen LogP contribution in [-0.4, -0.2) is 36.6 Å². The molecule has 2 heterocycles. The van der Waals surface area contributed by atoms with E-state index in [1.165, 1.54) is 0 Å². The van der Waals surface area contributed by atoms with Gasteiger partial charge in [-0.2, -0.15) is 0 Å². The van der Waals surface area contributed by atoms with Crippen LogP contribution in [0.1, 0.15) is 30.1 Å². The normalized spacial score (nSPS) is 21.0. The van der Waals surface area contributed by atoms with Crippen LogP contribution < -0.4 is 15.4 Å². The maximum absolute atomic E-state index is 13.2. The molecule has 30 heavy (non-hydrogen) atoms. The van der Waals surface area contributed by atoms with Crippen molar-refractivity contribution in [3.8, 4) is 17.0 Å². The number of pyridine rings is 1. The molecular formula is C25H27N3O2. The zero-order valence-corrected chi connectivity index (χ0v) is 17.2. The zero-order valence-electron chi connectivity index (χ0n) is 17.2. The Morgan fingerprint density at radius 3 is 2.57 bits per heavy atom. The molecule has 1 saturated heterocycles. The van der Waals surface area contributed by atoms with Gasteiger partial charge >= 0.3 is 0 Å². The number of hydrogen-bond acceptors (Lipinski definition) is 4. The molecule has 3 aromatic rings. The molecule has 5 nitrogen and oxygen atoms in total. The Bertz CT molecular complexity index is 1050.